The molecule has 0 atom stereocenters. The van der Waals surface area contributed by atoms with Crippen LogP contribution >= 0.6 is 11.8 Å². The summed E-state index contributed by atoms with van der Waals surface area (Å²) in [4.78, 5) is 24.4. The SMILES string of the molecule is CCn1c(CNC(=O)Cc2ccccc2)nnc1SCC(=O)Nc1ccc(OC)cc1. The molecule has 0 aliphatic rings. The average Bonchev–Trinajstić information content (AvgIpc) is 3.19. The number of nitrogens with zero attached hydrogens (tertiary/aromatic N) is 3. The van der Waals surface area contributed by atoms with Gasteiger partial charge in [0.1, 0.15) is 5.75 Å². The van der Waals surface area contributed by atoms with Gasteiger partial charge in [-0.15, -0.1) is 10.2 Å². The molecule has 0 aliphatic carbocycles. The Morgan fingerprint density at radius 3 is 2.45 bits per heavy atom. The predicted octanol–water partition coefficient (Wildman–Crippen LogP) is 2.90. The molecule has 0 aliphatic heterocycles. The highest BCUT2D eigenvalue weighted by atomic mass is 32.2. The van der Waals surface area contributed by atoms with E-state index in [1.807, 2.05) is 41.8 Å². The van der Waals surface area contributed by atoms with Crippen molar-refractivity contribution in [2.45, 2.75) is 31.6 Å². The Bertz CT molecular complexity index is 1010. The van der Waals surface area contributed by atoms with Crippen molar-refractivity contribution in [3.63, 3.8) is 0 Å². The van der Waals surface area contributed by atoms with E-state index in [0.29, 0.717) is 29.6 Å². The number of anilines is 1. The second kappa shape index (κ2) is 11.2. The first-order valence-electron chi connectivity index (χ1n) is 9.88. The van der Waals surface area contributed by atoms with Crippen molar-refractivity contribution in [2.75, 3.05) is 18.2 Å². The number of benzene rings is 2. The molecule has 1 heterocycles. The summed E-state index contributed by atoms with van der Waals surface area (Å²) in [5.74, 6) is 1.36. The molecule has 31 heavy (non-hydrogen) atoms. The lowest BCUT2D eigenvalue weighted by Gasteiger charge is -2.09. The number of carbonyl (C=O) groups excluding carboxylic acids is 2. The van der Waals surface area contributed by atoms with E-state index >= 15 is 0 Å². The van der Waals surface area contributed by atoms with E-state index in [2.05, 4.69) is 20.8 Å². The minimum absolute atomic E-state index is 0.0788. The Balaban J connectivity index is 1.50. The molecule has 3 aromatic rings. The lowest BCUT2D eigenvalue weighted by Crippen LogP contribution is -2.26. The number of methoxy groups -OCH3 is 1. The number of nitrogens with one attached hydrogen (secondary N) is 2. The van der Waals surface area contributed by atoms with Crippen molar-refractivity contribution < 1.29 is 14.3 Å². The standard InChI is InChI=1S/C22H25N5O3S/c1-3-27-19(14-23-20(28)13-16-7-5-4-6-8-16)25-26-22(27)31-15-21(29)24-17-9-11-18(30-2)12-10-17/h4-12H,3,13-15H2,1-2H3,(H,23,28)(H,24,29). The van der Waals surface area contributed by atoms with E-state index in [-0.39, 0.29) is 24.1 Å². The number of thioether (sulfide) groups is 1. The smallest absolute Gasteiger partial charge is 0.234 e. The summed E-state index contributed by atoms with van der Waals surface area (Å²) in [5.41, 5.74) is 1.65. The van der Waals surface area contributed by atoms with Crippen LogP contribution in [0.4, 0.5) is 5.69 Å². The van der Waals surface area contributed by atoms with Gasteiger partial charge in [-0.25, -0.2) is 0 Å². The van der Waals surface area contributed by atoms with E-state index in [1.54, 1.807) is 31.4 Å². The van der Waals surface area contributed by atoms with Crippen LogP contribution in [0, 0.1) is 0 Å². The lowest BCUT2D eigenvalue weighted by atomic mass is 10.1. The lowest BCUT2D eigenvalue weighted by molar-refractivity contribution is -0.120. The fourth-order valence-electron chi connectivity index (χ4n) is 2.90. The van der Waals surface area contributed by atoms with Gasteiger partial charge >= 0.3 is 0 Å². The fourth-order valence-corrected chi connectivity index (χ4v) is 3.72. The van der Waals surface area contributed by atoms with Gasteiger partial charge in [0.25, 0.3) is 0 Å². The number of carbonyl (C=O) groups is 2. The summed E-state index contributed by atoms with van der Waals surface area (Å²) in [5, 5.41) is 14.7. The van der Waals surface area contributed by atoms with Crippen molar-refractivity contribution in [3.8, 4) is 5.75 Å². The summed E-state index contributed by atoms with van der Waals surface area (Å²) in [7, 11) is 1.59. The normalized spacial score (nSPS) is 10.5. The fraction of sp³-hybridized carbons (Fsp3) is 0.273. The average molecular weight is 440 g/mol. The van der Waals surface area contributed by atoms with Crippen LogP contribution in [0.1, 0.15) is 18.3 Å². The molecule has 162 valence electrons. The molecule has 0 saturated heterocycles. The molecule has 2 aromatic carbocycles. The summed E-state index contributed by atoms with van der Waals surface area (Å²) in [6.07, 6.45) is 0.314. The molecule has 2 amide bonds. The third-order valence-electron chi connectivity index (χ3n) is 4.47. The molecular formula is C22H25N5O3S. The van der Waals surface area contributed by atoms with Gasteiger partial charge in [0.15, 0.2) is 11.0 Å². The van der Waals surface area contributed by atoms with Crippen LogP contribution in [-0.4, -0.2) is 39.4 Å². The third-order valence-corrected chi connectivity index (χ3v) is 5.43. The molecule has 8 nitrogen and oxygen atoms in total. The van der Waals surface area contributed by atoms with Crippen LogP contribution in [0.25, 0.3) is 0 Å². The maximum atomic E-state index is 12.3. The Labute approximate surface area is 185 Å². The van der Waals surface area contributed by atoms with E-state index in [9.17, 15) is 9.59 Å². The summed E-state index contributed by atoms with van der Waals surface area (Å²) < 4.78 is 7.01. The van der Waals surface area contributed by atoms with Gasteiger partial charge in [-0.1, -0.05) is 42.1 Å². The van der Waals surface area contributed by atoms with Crippen LogP contribution in [0.15, 0.2) is 59.8 Å². The minimum Gasteiger partial charge on any atom is -0.497 e. The molecule has 0 bridgehead atoms. The highest BCUT2D eigenvalue weighted by molar-refractivity contribution is 7.99. The first-order chi connectivity index (χ1) is 15.1. The predicted molar refractivity (Wildman–Crippen MR) is 120 cm³/mol. The number of ether oxygens (including phenoxy) is 1. The number of hydrogen-bond donors (Lipinski definition) is 2. The maximum absolute atomic E-state index is 12.3. The quantitative estimate of drug-likeness (QED) is 0.472. The summed E-state index contributed by atoms with van der Waals surface area (Å²) in [6.45, 7) is 2.89. The van der Waals surface area contributed by atoms with Crippen LogP contribution in [0.5, 0.6) is 5.75 Å². The number of amides is 2. The van der Waals surface area contributed by atoms with Gasteiger partial charge in [-0.05, 0) is 36.8 Å². The zero-order chi connectivity index (χ0) is 22.1. The Hall–Kier alpha value is -3.33. The largest absolute Gasteiger partial charge is 0.497 e. The summed E-state index contributed by atoms with van der Waals surface area (Å²) in [6, 6.07) is 16.7. The minimum atomic E-state index is -0.140. The van der Waals surface area contributed by atoms with Crippen LogP contribution in [0.3, 0.4) is 0 Å². The Kier molecular flexibility index (Phi) is 8.05. The highest BCUT2D eigenvalue weighted by Crippen LogP contribution is 2.19. The van der Waals surface area contributed by atoms with Crippen molar-refractivity contribution in [1.82, 2.24) is 20.1 Å². The Morgan fingerprint density at radius 2 is 1.77 bits per heavy atom. The molecule has 0 unspecified atom stereocenters. The highest BCUT2D eigenvalue weighted by Gasteiger charge is 2.14. The van der Waals surface area contributed by atoms with Crippen LogP contribution in [0.2, 0.25) is 0 Å². The number of rotatable bonds is 10. The van der Waals surface area contributed by atoms with Crippen molar-refractivity contribution in [2.24, 2.45) is 0 Å². The van der Waals surface area contributed by atoms with E-state index < -0.39 is 0 Å². The third kappa shape index (κ3) is 6.58. The monoisotopic (exact) mass is 439 g/mol. The van der Waals surface area contributed by atoms with Crippen LogP contribution < -0.4 is 15.4 Å². The first kappa shape index (κ1) is 22.4. The van der Waals surface area contributed by atoms with Gasteiger partial charge in [-0.3, -0.25) is 9.59 Å². The zero-order valence-electron chi connectivity index (χ0n) is 17.5. The molecule has 0 spiro atoms. The molecule has 0 fully saturated rings. The van der Waals surface area contributed by atoms with Gasteiger partial charge in [0, 0.05) is 12.2 Å². The van der Waals surface area contributed by atoms with Gasteiger partial charge in [0.2, 0.25) is 11.8 Å². The molecule has 9 heteroatoms. The van der Waals surface area contributed by atoms with E-state index in [0.717, 1.165) is 11.3 Å². The Morgan fingerprint density at radius 1 is 1.03 bits per heavy atom. The zero-order valence-corrected chi connectivity index (χ0v) is 18.3. The maximum Gasteiger partial charge on any atom is 0.234 e. The van der Waals surface area contributed by atoms with Crippen molar-refractivity contribution >= 4 is 29.3 Å². The molecule has 0 radical (unpaired) electrons. The number of hydrogen-bond acceptors (Lipinski definition) is 6. The molecule has 3 rings (SSSR count). The molecule has 2 N–H and O–H groups in total. The van der Waals surface area contributed by atoms with Crippen molar-refractivity contribution in [3.05, 3.63) is 66.0 Å². The second-order valence-corrected chi connectivity index (χ2v) is 7.59. The second-order valence-electron chi connectivity index (χ2n) is 6.65. The number of aromatic nitrogens is 3. The molecular weight excluding hydrogens is 414 g/mol. The van der Waals surface area contributed by atoms with E-state index in [4.69, 9.17) is 4.74 Å². The van der Waals surface area contributed by atoms with Crippen molar-refractivity contribution in [1.29, 1.82) is 0 Å². The van der Waals surface area contributed by atoms with Crippen LogP contribution in [-0.2, 0) is 29.1 Å². The summed E-state index contributed by atoms with van der Waals surface area (Å²) >= 11 is 1.30. The van der Waals surface area contributed by atoms with E-state index in [1.165, 1.54) is 11.8 Å². The first-order valence-corrected chi connectivity index (χ1v) is 10.9. The topological polar surface area (TPSA) is 98.1 Å². The molecule has 0 saturated carbocycles. The molecule has 1 aromatic heterocycles. The van der Waals surface area contributed by atoms with Gasteiger partial charge in [0.05, 0.1) is 25.8 Å². The van der Waals surface area contributed by atoms with Gasteiger partial charge < -0.3 is 19.9 Å². The van der Waals surface area contributed by atoms with Gasteiger partial charge in [-0.2, -0.15) is 0 Å².